The van der Waals surface area contributed by atoms with E-state index in [4.69, 9.17) is 5.73 Å². The second kappa shape index (κ2) is 5.88. The zero-order valence-electron chi connectivity index (χ0n) is 10.8. The lowest BCUT2D eigenvalue weighted by atomic mass is 10.3. The summed E-state index contributed by atoms with van der Waals surface area (Å²) in [6.07, 6.45) is 0. The Morgan fingerprint density at radius 2 is 2.06 bits per heavy atom. The fraction of sp³-hybridized carbons (Fsp3) is 0.545. The summed E-state index contributed by atoms with van der Waals surface area (Å²) in [5.74, 6) is -0.0480. The summed E-state index contributed by atoms with van der Waals surface area (Å²) < 4.78 is 0. The minimum absolute atomic E-state index is 0.0480. The van der Waals surface area contributed by atoms with Gasteiger partial charge in [0.05, 0.1) is 10.7 Å². The first-order valence-corrected chi connectivity index (χ1v) is 6.23. The van der Waals surface area contributed by atoms with E-state index in [0.29, 0.717) is 10.6 Å². The highest BCUT2D eigenvalue weighted by Crippen LogP contribution is 2.29. The molecule has 0 aliphatic heterocycles. The van der Waals surface area contributed by atoms with E-state index >= 15 is 0 Å². The Labute approximate surface area is 106 Å². The first kappa shape index (κ1) is 13.8. The second-order valence-corrected chi connectivity index (χ2v) is 5.38. The Hall–Kier alpha value is -1.27. The summed E-state index contributed by atoms with van der Waals surface area (Å²) in [5.41, 5.74) is 6.37. The lowest BCUT2D eigenvalue weighted by Gasteiger charge is -2.10. The van der Waals surface area contributed by atoms with Crippen molar-refractivity contribution in [2.45, 2.75) is 0 Å². The van der Waals surface area contributed by atoms with Crippen LogP contribution in [0.2, 0.25) is 0 Å². The molecule has 0 aliphatic rings. The van der Waals surface area contributed by atoms with Gasteiger partial charge in [-0.3, -0.25) is 4.79 Å². The third kappa shape index (κ3) is 3.90. The van der Waals surface area contributed by atoms with Crippen LogP contribution in [-0.4, -0.2) is 57.0 Å². The molecule has 3 N–H and O–H groups in total. The SMILES string of the molecule is CN(C)CCNc1cc(N)c(C(=O)N(C)C)s1. The molecule has 0 unspecified atom stereocenters. The van der Waals surface area contributed by atoms with Gasteiger partial charge in [0, 0.05) is 27.2 Å². The Kier molecular flexibility index (Phi) is 4.77. The predicted octanol–water partition coefficient (Wildman–Crippen LogP) is 1.01. The number of hydrogen-bond donors (Lipinski definition) is 2. The van der Waals surface area contributed by atoms with Crippen molar-refractivity contribution < 1.29 is 4.79 Å². The molecule has 0 radical (unpaired) electrons. The van der Waals surface area contributed by atoms with E-state index in [1.165, 1.54) is 16.2 Å². The fourth-order valence-corrected chi connectivity index (χ4v) is 2.29. The van der Waals surface area contributed by atoms with Crippen LogP contribution in [0.1, 0.15) is 9.67 Å². The number of amides is 1. The Balaban J connectivity index is 2.65. The number of likely N-dealkylation sites (N-methyl/N-ethyl adjacent to an activating group) is 1. The zero-order valence-corrected chi connectivity index (χ0v) is 11.6. The number of nitrogens with two attached hydrogens (primary N) is 1. The van der Waals surface area contributed by atoms with Crippen LogP contribution in [-0.2, 0) is 0 Å². The van der Waals surface area contributed by atoms with Crippen LogP contribution in [0.25, 0.3) is 0 Å². The first-order chi connectivity index (χ1) is 7.91. The van der Waals surface area contributed by atoms with Gasteiger partial charge in [-0.2, -0.15) is 0 Å². The van der Waals surface area contributed by atoms with Crippen LogP contribution in [0.5, 0.6) is 0 Å². The van der Waals surface area contributed by atoms with Crippen molar-refractivity contribution >= 4 is 27.9 Å². The van der Waals surface area contributed by atoms with Gasteiger partial charge in [0.1, 0.15) is 4.88 Å². The van der Waals surface area contributed by atoms with Gasteiger partial charge in [-0.25, -0.2) is 0 Å². The van der Waals surface area contributed by atoms with Gasteiger partial charge in [0.2, 0.25) is 0 Å². The van der Waals surface area contributed by atoms with Crippen LogP contribution in [0.15, 0.2) is 6.07 Å². The lowest BCUT2D eigenvalue weighted by molar-refractivity contribution is 0.0833. The van der Waals surface area contributed by atoms with E-state index in [0.717, 1.165) is 18.1 Å². The van der Waals surface area contributed by atoms with Crippen molar-refractivity contribution in [3.63, 3.8) is 0 Å². The summed E-state index contributed by atoms with van der Waals surface area (Å²) >= 11 is 1.40. The molecule has 1 heterocycles. The molecule has 1 amide bonds. The van der Waals surface area contributed by atoms with E-state index < -0.39 is 0 Å². The topological polar surface area (TPSA) is 61.6 Å². The standard InChI is InChI=1S/C11H20N4OS/c1-14(2)6-5-13-9-7-8(12)10(17-9)11(16)15(3)4/h7,13H,5-6,12H2,1-4H3. The van der Waals surface area contributed by atoms with Gasteiger partial charge in [0.15, 0.2) is 0 Å². The van der Waals surface area contributed by atoms with E-state index in [1.807, 2.05) is 20.2 Å². The van der Waals surface area contributed by atoms with Gasteiger partial charge in [0.25, 0.3) is 5.91 Å². The number of carbonyl (C=O) groups is 1. The summed E-state index contributed by atoms with van der Waals surface area (Å²) in [4.78, 5) is 16.0. The lowest BCUT2D eigenvalue weighted by Crippen LogP contribution is -2.21. The normalized spacial score (nSPS) is 10.6. The van der Waals surface area contributed by atoms with E-state index in [1.54, 1.807) is 14.1 Å². The number of anilines is 2. The molecule has 6 heteroatoms. The molecule has 0 aromatic carbocycles. The molecule has 0 atom stereocenters. The van der Waals surface area contributed by atoms with Crippen LogP contribution in [0.3, 0.4) is 0 Å². The Bertz CT molecular complexity index is 387. The molecule has 1 rings (SSSR count). The highest BCUT2D eigenvalue weighted by Gasteiger charge is 2.15. The quantitative estimate of drug-likeness (QED) is 0.825. The molecule has 0 aliphatic carbocycles. The van der Waals surface area contributed by atoms with Gasteiger partial charge >= 0.3 is 0 Å². The molecule has 17 heavy (non-hydrogen) atoms. The predicted molar refractivity (Wildman–Crippen MR) is 73.8 cm³/mol. The van der Waals surface area contributed by atoms with E-state index in [2.05, 4.69) is 10.2 Å². The molecule has 0 saturated carbocycles. The van der Waals surface area contributed by atoms with Gasteiger partial charge in [-0.05, 0) is 20.2 Å². The molecule has 0 saturated heterocycles. The Morgan fingerprint density at radius 1 is 1.41 bits per heavy atom. The third-order valence-electron chi connectivity index (χ3n) is 2.22. The average Bonchev–Trinajstić information content (AvgIpc) is 2.58. The maximum Gasteiger partial charge on any atom is 0.265 e. The molecule has 1 aromatic heterocycles. The van der Waals surface area contributed by atoms with Crippen molar-refractivity contribution in [3.8, 4) is 0 Å². The van der Waals surface area contributed by atoms with Gasteiger partial charge in [-0.1, -0.05) is 0 Å². The molecule has 0 bridgehead atoms. The summed E-state index contributed by atoms with van der Waals surface area (Å²) in [5, 5.41) is 4.20. The molecule has 5 nitrogen and oxygen atoms in total. The molecular weight excluding hydrogens is 236 g/mol. The second-order valence-electron chi connectivity index (χ2n) is 4.32. The van der Waals surface area contributed by atoms with Crippen LogP contribution in [0, 0.1) is 0 Å². The van der Waals surface area contributed by atoms with Crippen molar-refractivity contribution in [1.29, 1.82) is 0 Å². The van der Waals surface area contributed by atoms with E-state index in [9.17, 15) is 4.79 Å². The first-order valence-electron chi connectivity index (χ1n) is 5.41. The maximum atomic E-state index is 11.8. The zero-order chi connectivity index (χ0) is 13.0. The number of carbonyl (C=O) groups excluding carboxylic acids is 1. The molecule has 96 valence electrons. The van der Waals surface area contributed by atoms with Crippen molar-refractivity contribution in [2.24, 2.45) is 0 Å². The van der Waals surface area contributed by atoms with Crippen molar-refractivity contribution in [2.75, 3.05) is 52.3 Å². The number of thiophene rings is 1. The minimum Gasteiger partial charge on any atom is -0.397 e. The number of nitrogen functional groups attached to an aromatic ring is 1. The average molecular weight is 256 g/mol. The minimum atomic E-state index is -0.0480. The Morgan fingerprint density at radius 3 is 2.59 bits per heavy atom. The highest BCUT2D eigenvalue weighted by molar-refractivity contribution is 7.18. The van der Waals surface area contributed by atoms with Crippen LogP contribution < -0.4 is 11.1 Å². The number of nitrogens with zero attached hydrogens (tertiary/aromatic N) is 2. The maximum absolute atomic E-state index is 11.8. The molecular formula is C11H20N4OS. The number of rotatable bonds is 5. The third-order valence-corrected chi connectivity index (χ3v) is 3.32. The largest absolute Gasteiger partial charge is 0.397 e. The van der Waals surface area contributed by atoms with Gasteiger partial charge in [-0.15, -0.1) is 11.3 Å². The van der Waals surface area contributed by atoms with Crippen molar-refractivity contribution in [1.82, 2.24) is 9.80 Å². The molecule has 1 aromatic rings. The fourth-order valence-electron chi connectivity index (χ4n) is 1.27. The van der Waals surface area contributed by atoms with E-state index in [-0.39, 0.29) is 5.91 Å². The van der Waals surface area contributed by atoms with Crippen LogP contribution in [0.4, 0.5) is 10.7 Å². The molecule has 0 spiro atoms. The molecule has 0 fully saturated rings. The van der Waals surface area contributed by atoms with Gasteiger partial charge < -0.3 is 20.9 Å². The van der Waals surface area contributed by atoms with Crippen LogP contribution >= 0.6 is 11.3 Å². The summed E-state index contributed by atoms with van der Waals surface area (Å²) in [7, 11) is 7.48. The monoisotopic (exact) mass is 256 g/mol. The summed E-state index contributed by atoms with van der Waals surface area (Å²) in [6.45, 7) is 1.78. The number of hydrogen-bond acceptors (Lipinski definition) is 5. The summed E-state index contributed by atoms with van der Waals surface area (Å²) in [6, 6.07) is 1.82. The smallest absolute Gasteiger partial charge is 0.265 e. The number of nitrogens with one attached hydrogen (secondary N) is 1. The van der Waals surface area contributed by atoms with Crippen molar-refractivity contribution in [3.05, 3.63) is 10.9 Å². The highest BCUT2D eigenvalue weighted by atomic mass is 32.1.